The normalized spacial score (nSPS) is 10.5. The molecular weight excluding hydrogens is 301 g/mol. The Bertz CT molecular complexity index is 606. The third kappa shape index (κ3) is 6.38. The first kappa shape index (κ1) is 17.7. The summed E-state index contributed by atoms with van der Waals surface area (Å²) < 4.78 is 45.9. The van der Waals surface area contributed by atoms with E-state index in [-0.39, 0.29) is 5.78 Å². The summed E-state index contributed by atoms with van der Waals surface area (Å²) in [4.78, 5) is 12.1. The predicted octanol–water partition coefficient (Wildman–Crippen LogP) is 3.05. The highest BCUT2D eigenvalue weighted by Gasteiger charge is 2.20. The summed E-state index contributed by atoms with van der Waals surface area (Å²) in [5, 5.41) is 0. The van der Waals surface area contributed by atoms with Crippen molar-refractivity contribution in [3.8, 4) is 5.75 Å². The molecule has 0 saturated carbocycles. The van der Waals surface area contributed by atoms with E-state index in [0.717, 1.165) is 5.75 Å². The molecule has 0 atom stereocenters. The molecule has 22 heavy (non-hydrogen) atoms. The monoisotopic (exact) mass is 315 g/mol. The van der Waals surface area contributed by atoms with Crippen LogP contribution >= 0.6 is 0 Å². The van der Waals surface area contributed by atoms with Gasteiger partial charge in [0.25, 0.3) is 0 Å². The van der Waals surface area contributed by atoms with Crippen molar-refractivity contribution in [2.75, 3.05) is 7.11 Å². The second kappa shape index (κ2) is 7.58. The molecule has 0 unspecified atom stereocenters. The number of aryl methyl sites for hydroxylation is 1. The van der Waals surface area contributed by atoms with E-state index < -0.39 is 7.25 Å². The van der Waals surface area contributed by atoms with E-state index in [4.69, 9.17) is 4.74 Å². The Morgan fingerprint density at radius 2 is 1.36 bits per heavy atom. The number of pyridine rings is 1. The number of benzene rings is 1. The molecule has 0 N–H and O–H groups in total. The third-order valence-corrected chi connectivity index (χ3v) is 2.59. The minimum absolute atomic E-state index is 0.0215. The van der Waals surface area contributed by atoms with E-state index in [1.54, 1.807) is 31.4 Å². The highest BCUT2D eigenvalue weighted by Crippen LogP contribution is 2.14. The van der Waals surface area contributed by atoms with Crippen molar-refractivity contribution >= 4 is 13.0 Å². The highest BCUT2D eigenvalue weighted by atomic mass is 19.5. The lowest BCUT2D eigenvalue weighted by Gasteiger charge is -2.02. The quantitative estimate of drug-likeness (QED) is 0.377. The van der Waals surface area contributed by atoms with Gasteiger partial charge in [-0.05, 0) is 24.3 Å². The number of nitrogens with zero attached hydrogens (tertiary/aromatic N) is 1. The van der Waals surface area contributed by atoms with Crippen LogP contribution in [0.5, 0.6) is 5.75 Å². The second-order valence-corrected chi connectivity index (χ2v) is 4.30. The average molecular weight is 315 g/mol. The molecule has 118 valence electrons. The highest BCUT2D eigenvalue weighted by molar-refractivity contribution is 6.50. The molecule has 2 rings (SSSR count). The van der Waals surface area contributed by atoms with Gasteiger partial charge in [0, 0.05) is 23.3 Å². The molecule has 0 radical (unpaired) electrons. The summed E-state index contributed by atoms with van der Waals surface area (Å²) in [6.45, 7) is 0. The first-order valence-electron chi connectivity index (χ1n) is 6.22. The van der Waals surface area contributed by atoms with Gasteiger partial charge in [0.2, 0.25) is 0 Å². The lowest BCUT2D eigenvalue weighted by molar-refractivity contribution is -0.671. The Balaban J connectivity index is 0.000000422. The van der Waals surface area contributed by atoms with Crippen LogP contribution in [0.25, 0.3) is 0 Å². The van der Waals surface area contributed by atoms with Gasteiger partial charge in [-0.2, -0.15) is 0 Å². The molecule has 0 bridgehead atoms. The minimum atomic E-state index is -6.00. The maximum atomic E-state index is 12.1. The Morgan fingerprint density at radius 3 is 1.77 bits per heavy atom. The van der Waals surface area contributed by atoms with Gasteiger partial charge in [-0.25, -0.2) is 4.57 Å². The molecule has 8 heteroatoms. The molecule has 0 amide bonds. The van der Waals surface area contributed by atoms with Crippen LogP contribution in [0, 0.1) is 0 Å². The van der Waals surface area contributed by atoms with Crippen LogP contribution < -0.4 is 9.30 Å². The van der Waals surface area contributed by atoms with E-state index in [2.05, 4.69) is 0 Å². The number of rotatable bonds is 3. The van der Waals surface area contributed by atoms with Crippen LogP contribution in [0.4, 0.5) is 17.3 Å². The van der Waals surface area contributed by atoms with Gasteiger partial charge in [0.1, 0.15) is 12.8 Å². The number of carbonyl (C=O) groups is 1. The summed E-state index contributed by atoms with van der Waals surface area (Å²) >= 11 is 0. The molecule has 0 aliphatic rings. The van der Waals surface area contributed by atoms with Crippen molar-refractivity contribution in [1.29, 1.82) is 0 Å². The van der Waals surface area contributed by atoms with Crippen LogP contribution in [-0.4, -0.2) is 20.1 Å². The zero-order valence-corrected chi connectivity index (χ0v) is 12.0. The Kier molecular flexibility index (Phi) is 6.09. The number of methoxy groups -OCH3 is 1. The summed E-state index contributed by atoms with van der Waals surface area (Å²) in [5.41, 5.74) is 1.35. The van der Waals surface area contributed by atoms with Crippen molar-refractivity contribution in [3.05, 3.63) is 59.9 Å². The van der Waals surface area contributed by atoms with Gasteiger partial charge >= 0.3 is 7.25 Å². The van der Waals surface area contributed by atoms with Gasteiger partial charge in [0.05, 0.1) is 7.11 Å². The van der Waals surface area contributed by atoms with Crippen molar-refractivity contribution in [2.45, 2.75) is 0 Å². The lowest BCUT2D eigenvalue weighted by atomic mass is 10.0. The molecule has 0 saturated heterocycles. The SMILES string of the molecule is COc1ccc(C(=O)c2cc[n+](C)cc2)cc1.F[B-](F)(F)F. The molecule has 1 aromatic heterocycles. The van der Waals surface area contributed by atoms with E-state index in [1.807, 2.05) is 36.1 Å². The molecule has 1 aromatic carbocycles. The Hall–Kier alpha value is -2.38. The first-order chi connectivity index (χ1) is 10.2. The second-order valence-electron chi connectivity index (χ2n) is 4.30. The van der Waals surface area contributed by atoms with Crippen molar-refractivity contribution in [2.24, 2.45) is 7.05 Å². The van der Waals surface area contributed by atoms with Gasteiger partial charge in [-0.15, -0.1) is 0 Å². The fourth-order valence-corrected chi connectivity index (χ4v) is 1.56. The Morgan fingerprint density at radius 1 is 0.955 bits per heavy atom. The smallest absolute Gasteiger partial charge is 0.497 e. The number of hydrogen-bond acceptors (Lipinski definition) is 2. The van der Waals surface area contributed by atoms with Gasteiger partial charge < -0.3 is 22.0 Å². The molecule has 0 fully saturated rings. The molecule has 0 aliphatic carbocycles. The maximum Gasteiger partial charge on any atom is 0.673 e. The number of carbonyl (C=O) groups excluding carboxylic acids is 1. The standard InChI is InChI=1S/C14H14NO2.BF4/c1-15-9-7-12(8-10-15)14(16)11-3-5-13(17-2)6-4-11;2-1(3,4)5/h3-10H,1-2H3;/q+1;-1. The topological polar surface area (TPSA) is 30.2 Å². The van der Waals surface area contributed by atoms with Crippen molar-refractivity contribution in [3.63, 3.8) is 0 Å². The number of ketones is 1. The number of halogens is 4. The number of aromatic nitrogens is 1. The molecular formula is C14H14BF4NO2. The van der Waals surface area contributed by atoms with Crippen molar-refractivity contribution in [1.82, 2.24) is 0 Å². The van der Waals surface area contributed by atoms with E-state index in [9.17, 15) is 22.1 Å². The van der Waals surface area contributed by atoms with E-state index >= 15 is 0 Å². The van der Waals surface area contributed by atoms with Crippen LogP contribution in [-0.2, 0) is 7.05 Å². The average Bonchev–Trinajstić information content (AvgIpc) is 2.46. The summed E-state index contributed by atoms with van der Waals surface area (Å²) in [5.74, 6) is 0.772. The van der Waals surface area contributed by atoms with Crippen LogP contribution in [0.3, 0.4) is 0 Å². The minimum Gasteiger partial charge on any atom is -0.497 e. The Labute approximate surface area is 125 Å². The predicted molar refractivity (Wildman–Crippen MR) is 74.2 cm³/mol. The maximum absolute atomic E-state index is 12.1. The van der Waals surface area contributed by atoms with Gasteiger partial charge in [-0.3, -0.25) is 4.79 Å². The largest absolute Gasteiger partial charge is 0.673 e. The zero-order chi connectivity index (χ0) is 16.8. The molecule has 0 spiro atoms. The summed E-state index contributed by atoms with van der Waals surface area (Å²) in [6, 6.07) is 10.7. The fraction of sp³-hybridized carbons (Fsp3) is 0.143. The van der Waals surface area contributed by atoms with Crippen LogP contribution in [0.1, 0.15) is 15.9 Å². The molecule has 1 heterocycles. The lowest BCUT2D eigenvalue weighted by Crippen LogP contribution is -2.26. The third-order valence-electron chi connectivity index (χ3n) is 2.59. The van der Waals surface area contributed by atoms with E-state index in [1.165, 1.54) is 0 Å². The van der Waals surface area contributed by atoms with Gasteiger partial charge in [-0.1, -0.05) is 0 Å². The first-order valence-corrected chi connectivity index (χ1v) is 6.22. The molecule has 3 nitrogen and oxygen atoms in total. The molecule has 2 aromatic rings. The summed E-state index contributed by atoms with van der Waals surface area (Å²) in [6.07, 6.45) is 3.72. The summed E-state index contributed by atoms with van der Waals surface area (Å²) in [7, 11) is -2.48. The molecule has 0 aliphatic heterocycles. The van der Waals surface area contributed by atoms with Crippen LogP contribution in [0.15, 0.2) is 48.8 Å². The van der Waals surface area contributed by atoms with E-state index in [0.29, 0.717) is 11.1 Å². The van der Waals surface area contributed by atoms with Crippen molar-refractivity contribution < 1.29 is 31.4 Å². The zero-order valence-electron chi connectivity index (χ0n) is 12.0. The van der Waals surface area contributed by atoms with Gasteiger partial charge in [0.15, 0.2) is 18.2 Å². The fourth-order valence-electron chi connectivity index (χ4n) is 1.56. The number of ether oxygens (including phenoxy) is 1. The number of hydrogen-bond donors (Lipinski definition) is 0. The van der Waals surface area contributed by atoms with Crippen LogP contribution in [0.2, 0.25) is 0 Å².